The Labute approximate surface area is 123 Å². The van der Waals surface area contributed by atoms with Gasteiger partial charge in [0.15, 0.2) is 0 Å². The topological polar surface area (TPSA) is 55.4 Å². The monoisotopic (exact) mass is 281 g/mol. The van der Waals surface area contributed by atoms with Crippen molar-refractivity contribution in [2.24, 2.45) is 0 Å². The number of amides is 1. The molecular formula is C17H15NO3. The van der Waals surface area contributed by atoms with E-state index in [2.05, 4.69) is 16.0 Å². The molecule has 0 saturated carbocycles. The van der Waals surface area contributed by atoms with E-state index in [-0.39, 0.29) is 12.3 Å². The van der Waals surface area contributed by atoms with Crippen LogP contribution in [0.15, 0.2) is 42.5 Å². The van der Waals surface area contributed by atoms with Gasteiger partial charge in [-0.3, -0.25) is 4.79 Å². The number of carbonyl (C=O) groups is 2. The van der Waals surface area contributed by atoms with Gasteiger partial charge in [-0.2, -0.15) is 0 Å². The van der Waals surface area contributed by atoms with Crippen LogP contribution in [0.2, 0.25) is 0 Å². The van der Waals surface area contributed by atoms with E-state index in [1.165, 1.54) is 7.11 Å². The second kappa shape index (κ2) is 6.58. The summed E-state index contributed by atoms with van der Waals surface area (Å²) in [5, 5.41) is 4.40. The molecule has 106 valence electrons. The van der Waals surface area contributed by atoms with Crippen LogP contribution >= 0.6 is 0 Å². The molecule has 0 unspecified atom stereocenters. The average Bonchev–Trinajstić information content (AvgIpc) is 2.53. The van der Waals surface area contributed by atoms with E-state index in [0.717, 1.165) is 10.8 Å². The highest BCUT2D eigenvalue weighted by Crippen LogP contribution is 2.18. The summed E-state index contributed by atoms with van der Waals surface area (Å²) in [6, 6.07) is 12.1. The van der Waals surface area contributed by atoms with Gasteiger partial charge in [0.1, 0.15) is 6.04 Å². The third-order valence-corrected chi connectivity index (χ3v) is 3.15. The summed E-state index contributed by atoms with van der Waals surface area (Å²) in [6.45, 7) is 0. The summed E-state index contributed by atoms with van der Waals surface area (Å²) in [4.78, 5) is 24.0. The highest BCUT2D eigenvalue weighted by atomic mass is 16.5. The molecule has 0 radical (unpaired) electrons. The van der Waals surface area contributed by atoms with Gasteiger partial charge in [0.05, 0.1) is 7.11 Å². The number of rotatable bonds is 4. The molecule has 1 N–H and O–H groups in total. The van der Waals surface area contributed by atoms with Gasteiger partial charge < -0.3 is 10.1 Å². The average molecular weight is 281 g/mol. The molecule has 0 spiro atoms. The SMILES string of the molecule is C#CC[C@@H](NC(=O)c1cccc2ccccc12)C(=O)OC. The van der Waals surface area contributed by atoms with Gasteiger partial charge >= 0.3 is 5.97 Å². The number of hydrogen-bond acceptors (Lipinski definition) is 3. The zero-order valence-electron chi connectivity index (χ0n) is 11.6. The first-order valence-electron chi connectivity index (χ1n) is 6.47. The van der Waals surface area contributed by atoms with Gasteiger partial charge in [-0.25, -0.2) is 4.79 Å². The number of esters is 1. The van der Waals surface area contributed by atoms with Crippen molar-refractivity contribution in [3.63, 3.8) is 0 Å². The van der Waals surface area contributed by atoms with Crippen molar-refractivity contribution >= 4 is 22.6 Å². The summed E-state index contributed by atoms with van der Waals surface area (Å²) in [7, 11) is 1.26. The van der Waals surface area contributed by atoms with Crippen molar-refractivity contribution < 1.29 is 14.3 Å². The van der Waals surface area contributed by atoms with E-state index in [0.29, 0.717) is 5.56 Å². The van der Waals surface area contributed by atoms with E-state index < -0.39 is 12.0 Å². The quantitative estimate of drug-likeness (QED) is 0.690. The fourth-order valence-electron chi connectivity index (χ4n) is 2.11. The maximum absolute atomic E-state index is 12.4. The normalized spacial score (nSPS) is 11.4. The highest BCUT2D eigenvalue weighted by Gasteiger charge is 2.21. The third-order valence-electron chi connectivity index (χ3n) is 3.15. The Bertz CT molecular complexity index is 710. The van der Waals surface area contributed by atoms with Crippen LogP contribution in [0.5, 0.6) is 0 Å². The molecule has 0 fully saturated rings. The van der Waals surface area contributed by atoms with Crippen molar-refractivity contribution in [2.75, 3.05) is 7.11 Å². The number of carbonyl (C=O) groups excluding carboxylic acids is 2. The molecule has 4 heteroatoms. The van der Waals surface area contributed by atoms with Gasteiger partial charge in [-0.1, -0.05) is 36.4 Å². The summed E-state index contributed by atoms with van der Waals surface area (Å²) >= 11 is 0. The zero-order valence-corrected chi connectivity index (χ0v) is 11.6. The van der Waals surface area contributed by atoms with Crippen molar-refractivity contribution in [3.8, 4) is 12.3 Å². The van der Waals surface area contributed by atoms with Crippen LogP contribution in [0.25, 0.3) is 10.8 Å². The number of fused-ring (bicyclic) bond motifs is 1. The maximum atomic E-state index is 12.4. The van der Waals surface area contributed by atoms with Gasteiger partial charge in [0, 0.05) is 12.0 Å². The lowest BCUT2D eigenvalue weighted by molar-refractivity contribution is -0.142. The van der Waals surface area contributed by atoms with Crippen LogP contribution in [0, 0.1) is 12.3 Å². The van der Waals surface area contributed by atoms with Crippen LogP contribution < -0.4 is 5.32 Å². The second-order valence-electron chi connectivity index (χ2n) is 4.48. The number of hydrogen-bond donors (Lipinski definition) is 1. The first-order chi connectivity index (χ1) is 10.2. The Hall–Kier alpha value is -2.80. The number of methoxy groups -OCH3 is 1. The standard InChI is InChI=1S/C17H15NO3/c1-3-7-15(17(20)21-2)18-16(19)14-11-6-9-12-8-4-5-10-13(12)14/h1,4-6,8-11,15H,7H2,2H3,(H,18,19)/t15-/m1/s1. The van der Waals surface area contributed by atoms with E-state index in [4.69, 9.17) is 6.42 Å². The van der Waals surface area contributed by atoms with Crippen LogP contribution in [-0.2, 0) is 9.53 Å². The summed E-state index contributed by atoms with van der Waals surface area (Å²) in [5.41, 5.74) is 0.499. The molecule has 0 aliphatic heterocycles. The zero-order chi connectivity index (χ0) is 15.2. The van der Waals surface area contributed by atoms with Crippen molar-refractivity contribution in [1.29, 1.82) is 0 Å². The molecule has 0 bridgehead atoms. The number of terminal acetylenes is 1. The Morgan fingerprint density at radius 2 is 1.95 bits per heavy atom. The predicted molar refractivity (Wildman–Crippen MR) is 80.7 cm³/mol. The Morgan fingerprint density at radius 1 is 1.24 bits per heavy atom. The van der Waals surface area contributed by atoms with Gasteiger partial charge in [-0.05, 0) is 16.8 Å². The molecule has 2 aromatic carbocycles. The van der Waals surface area contributed by atoms with Crippen molar-refractivity contribution in [1.82, 2.24) is 5.32 Å². The van der Waals surface area contributed by atoms with Crippen LogP contribution in [0.3, 0.4) is 0 Å². The van der Waals surface area contributed by atoms with Crippen molar-refractivity contribution in [3.05, 3.63) is 48.0 Å². The number of ether oxygens (including phenoxy) is 1. The minimum atomic E-state index is -0.841. The fourth-order valence-corrected chi connectivity index (χ4v) is 2.11. The third kappa shape index (κ3) is 3.21. The van der Waals surface area contributed by atoms with Crippen LogP contribution in [-0.4, -0.2) is 25.0 Å². The van der Waals surface area contributed by atoms with Crippen LogP contribution in [0.4, 0.5) is 0 Å². The molecule has 2 aromatic rings. The molecule has 0 heterocycles. The lowest BCUT2D eigenvalue weighted by atomic mass is 10.0. The Balaban J connectivity index is 2.30. The largest absolute Gasteiger partial charge is 0.467 e. The Kier molecular flexibility index (Phi) is 4.57. The summed E-state index contributed by atoms with van der Waals surface area (Å²) in [5.74, 6) is 1.46. The minimum absolute atomic E-state index is 0.0865. The number of nitrogens with one attached hydrogen (secondary N) is 1. The molecular weight excluding hydrogens is 266 g/mol. The summed E-state index contributed by atoms with van der Waals surface area (Å²) < 4.78 is 4.64. The van der Waals surface area contributed by atoms with Gasteiger partial charge in [0.25, 0.3) is 5.91 Å². The molecule has 1 amide bonds. The van der Waals surface area contributed by atoms with Crippen LogP contribution in [0.1, 0.15) is 16.8 Å². The molecule has 4 nitrogen and oxygen atoms in total. The maximum Gasteiger partial charge on any atom is 0.329 e. The van der Waals surface area contributed by atoms with E-state index in [9.17, 15) is 9.59 Å². The highest BCUT2D eigenvalue weighted by molar-refractivity contribution is 6.07. The van der Waals surface area contributed by atoms with E-state index in [1.54, 1.807) is 12.1 Å². The van der Waals surface area contributed by atoms with Gasteiger partial charge in [-0.15, -0.1) is 12.3 Å². The number of benzene rings is 2. The first-order valence-corrected chi connectivity index (χ1v) is 6.47. The molecule has 0 aliphatic rings. The summed E-state index contributed by atoms with van der Waals surface area (Å²) in [6.07, 6.45) is 5.30. The lowest BCUT2D eigenvalue weighted by Crippen LogP contribution is -2.41. The second-order valence-corrected chi connectivity index (χ2v) is 4.48. The smallest absolute Gasteiger partial charge is 0.329 e. The lowest BCUT2D eigenvalue weighted by Gasteiger charge is -2.15. The van der Waals surface area contributed by atoms with E-state index >= 15 is 0 Å². The fraction of sp³-hybridized carbons (Fsp3) is 0.176. The van der Waals surface area contributed by atoms with Gasteiger partial charge in [0.2, 0.25) is 0 Å². The molecule has 0 saturated heterocycles. The predicted octanol–water partition coefficient (Wildman–Crippen LogP) is 2.13. The van der Waals surface area contributed by atoms with E-state index in [1.807, 2.05) is 30.3 Å². The molecule has 2 rings (SSSR count). The molecule has 21 heavy (non-hydrogen) atoms. The Morgan fingerprint density at radius 3 is 2.67 bits per heavy atom. The minimum Gasteiger partial charge on any atom is -0.467 e. The first kappa shape index (κ1) is 14.6. The van der Waals surface area contributed by atoms with Crippen molar-refractivity contribution in [2.45, 2.75) is 12.5 Å². The molecule has 0 aliphatic carbocycles. The molecule has 0 aromatic heterocycles. The molecule has 1 atom stereocenters.